The van der Waals surface area contributed by atoms with E-state index in [1.165, 1.54) is 6.07 Å². The number of benzene rings is 3. The van der Waals surface area contributed by atoms with Crippen LogP contribution in [0.1, 0.15) is 15.9 Å². The molecule has 0 fully saturated rings. The van der Waals surface area contributed by atoms with Crippen molar-refractivity contribution in [3.05, 3.63) is 83.4 Å². The fourth-order valence-electron chi connectivity index (χ4n) is 2.74. The fraction of sp³-hybridized carbons (Fsp3) is 0.100. The van der Waals surface area contributed by atoms with Gasteiger partial charge in [-0.2, -0.15) is 0 Å². The Bertz CT molecular complexity index is 988. The standard InChI is InChI=1S/C20H16F2N2O2/c21-16-7-3-6-15(18(16)22)20(26)24-17(19(23)25)11-12-8-9-13-4-1-2-5-14(13)10-12/h1-10,17H,11H2,(H2,23,25)(H,24,26)/t17-/m0/s1. The summed E-state index contributed by atoms with van der Waals surface area (Å²) in [5.74, 6) is -4.06. The lowest BCUT2D eigenvalue weighted by Gasteiger charge is -2.16. The molecule has 0 saturated carbocycles. The molecule has 0 unspecified atom stereocenters. The number of fused-ring (bicyclic) bond motifs is 1. The summed E-state index contributed by atoms with van der Waals surface area (Å²) in [7, 11) is 0. The van der Waals surface area contributed by atoms with E-state index in [9.17, 15) is 18.4 Å². The molecule has 2 amide bonds. The number of hydrogen-bond donors (Lipinski definition) is 2. The first-order valence-electron chi connectivity index (χ1n) is 7.97. The topological polar surface area (TPSA) is 72.2 Å². The fourth-order valence-corrected chi connectivity index (χ4v) is 2.74. The van der Waals surface area contributed by atoms with Crippen molar-refractivity contribution in [3.8, 4) is 0 Å². The second-order valence-electron chi connectivity index (χ2n) is 5.92. The number of rotatable bonds is 5. The van der Waals surface area contributed by atoms with Crippen LogP contribution in [0.4, 0.5) is 8.78 Å². The summed E-state index contributed by atoms with van der Waals surface area (Å²) < 4.78 is 27.0. The van der Waals surface area contributed by atoms with E-state index in [1.54, 1.807) is 0 Å². The maximum absolute atomic E-state index is 13.8. The van der Waals surface area contributed by atoms with Crippen LogP contribution in [-0.4, -0.2) is 17.9 Å². The largest absolute Gasteiger partial charge is 0.368 e. The highest BCUT2D eigenvalue weighted by molar-refractivity contribution is 5.97. The molecule has 0 aliphatic heterocycles. The molecule has 0 aliphatic carbocycles. The third kappa shape index (κ3) is 3.69. The van der Waals surface area contributed by atoms with Crippen molar-refractivity contribution in [2.45, 2.75) is 12.5 Å². The first-order chi connectivity index (χ1) is 12.5. The summed E-state index contributed by atoms with van der Waals surface area (Å²) in [4.78, 5) is 23.9. The van der Waals surface area contributed by atoms with E-state index in [0.717, 1.165) is 28.5 Å². The van der Waals surface area contributed by atoms with Crippen LogP contribution in [-0.2, 0) is 11.2 Å². The molecular weight excluding hydrogens is 338 g/mol. The molecule has 3 aromatic carbocycles. The summed E-state index contributed by atoms with van der Waals surface area (Å²) in [6, 6.07) is 15.5. The number of carbonyl (C=O) groups excluding carboxylic acids is 2. The van der Waals surface area contributed by atoms with Crippen LogP contribution >= 0.6 is 0 Å². The van der Waals surface area contributed by atoms with Crippen LogP contribution in [0, 0.1) is 11.6 Å². The molecule has 0 bridgehead atoms. The summed E-state index contributed by atoms with van der Waals surface area (Å²) in [6.07, 6.45) is 0.142. The predicted octanol–water partition coefficient (Wildman–Crippen LogP) is 2.94. The highest BCUT2D eigenvalue weighted by Crippen LogP contribution is 2.17. The zero-order valence-electron chi connectivity index (χ0n) is 13.7. The van der Waals surface area contributed by atoms with Crippen LogP contribution in [0.5, 0.6) is 0 Å². The molecular formula is C20H16F2N2O2. The molecule has 0 aliphatic rings. The van der Waals surface area contributed by atoms with Crippen LogP contribution < -0.4 is 11.1 Å². The Balaban J connectivity index is 1.81. The Labute approximate surface area is 148 Å². The van der Waals surface area contributed by atoms with Crippen molar-refractivity contribution in [1.29, 1.82) is 0 Å². The molecule has 1 atom stereocenters. The molecule has 3 rings (SSSR count). The van der Waals surface area contributed by atoms with Gasteiger partial charge in [0.25, 0.3) is 5.91 Å². The molecule has 6 heteroatoms. The number of halogens is 2. The second-order valence-corrected chi connectivity index (χ2v) is 5.92. The minimum Gasteiger partial charge on any atom is -0.368 e. The van der Waals surface area contributed by atoms with E-state index in [2.05, 4.69) is 5.32 Å². The molecule has 0 heterocycles. The number of nitrogens with two attached hydrogens (primary N) is 1. The van der Waals surface area contributed by atoms with Crippen molar-refractivity contribution >= 4 is 22.6 Å². The third-order valence-corrected chi connectivity index (χ3v) is 4.10. The SMILES string of the molecule is NC(=O)[C@H](Cc1ccc2ccccc2c1)NC(=O)c1cccc(F)c1F. The van der Waals surface area contributed by atoms with Gasteiger partial charge in [0.05, 0.1) is 5.56 Å². The minimum absolute atomic E-state index is 0.142. The van der Waals surface area contributed by atoms with Crippen molar-refractivity contribution in [3.63, 3.8) is 0 Å². The first kappa shape index (κ1) is 17.5. The lowest BCUT2D eigenvalue weighted by molar-refractivity contribution is -0.119. The molecule has 0 radical (unpaired) electrons. The lowest BCUT2D eigenvalue weighted by atomic mass is 10.0. The first-order valence-corrected chi connectivity index (χ1v) is 7.97. The minimum atomic E-state index is -1.26. The highest BCUT2D eigenvalue weighted by atomic mass is 19.2. The van der Waals surface area contributed by atoms with E-state index in [1.807, 2.05) is 42.5 Å². The van der Waals surface area contributed by atoms with Crippen LogP contribution in [0.3, 0.4) is 0 Å². The summed E-state index contributed by atoms with van der Waals surface area (Å²) in [6.45, 7) is 0. The smallest absolute Gasteiger partial charge is 0.255 e. The maximum Gasteiger partial charge on any atom is 0.255 e. The van der Waals surface area contributed by atoms with Gasteiger partial charge in [0.2, 0.25) is 5.91 Å². The summed E-state index contributed by atoms with van der Waals surface area (Å²) in [5.41, 5.74) is 5.68. The zero-order valence-corrected chi connectivity index (χ0v) is 13.7. The van der Waals surface area contributed by atoms with Gasteiger partial charge in [-0.05, 0) is 28.5 Å². The van der Waals surface area contributed by atoms with Crippen molar-refractivity contribution < 1.29 is 18.4 Å². The van der Waals surface area contributed by atoms with Gasteiger partial charge in [0, 0.05) is 6.42 Å². The Hall–Kier alpha value is -3.28. The Kier molecular flexibility index (Phi) is 4.93. The molecule has 26 heavy (non-hydrogen) atoms. The Morgan fingerprint density at radius 3 is 2.42 bits per heavy atom. The predicted molar refractivity (Wildman–Crippen MR) is 94.5 cm³/mol. The number of carbonyl (C=O) groups is 2. The van der Waals surface area contributed by atoms with Gasteiger partial charge in [-0.15, -0.1) is 0 Å². The van der Waals surface area contributed by atoms with E-state index < -0.39 is 35.1 Å². The van der Waals surface area contributed by atoms with Crippen LogP contribution in [0.2, 0.25) is 0 Å². The van der Waals surface area contributed by atoms with Gasteiger partial charge in [-0.3, -0.25) is 9.59 Å². The second kappa shape index (κ2) is 7.31. The van der Waals surface area contributed by atoms with E-state index in [-0.39, 0.29) is 6.42 Å². The van der Waals surface area contributed by atoms with Gasteiger partial charge in [-0.1, -0.05) is 48.5 Å². The molecule has 4 nitrogen and oxygen atoms in total. The molecule has 3 aromatic rings. The van der Waals surface area contributed by atoms with Gasteiger partial charge in [0.1, 0.15) is 6.04 Å². The van der Waals surface area contributed by atoms with E-state index >= 15 is 0 Å². The normalized spacial score (nSPS) is 11.9. The van der Waals surface area contributed by atoms with Crippen molar-refractivity contribution in [1.82, 2.24) is 5.32 Å². The van der Waals surface area contributed by atoms with Gasteiger partial charge in [-0.25, -0.2) is 8.78 Å². The average molecular weight is 354 g/mol. The average Bonchev–Trinajstić information content (AvgIpc) is 2.63. The van der Waals surface area contributed by atoms with E-state index in [0.29, 0.717) is 0 Å². The van der Waals surface area contributed by atoms with Crippen molar-refractivity contribution in [2.24, 2.45) is 5.73 Å². The zero-order chi connectivity index (χ0) is 18.7. The Morgan fingerprint density at radius 1 is 0.962 bits per heavy atom. The molecule has 0 spiro atoms. The number of hydrogen-bond acceptors (Lipinski definition) is 2. The molecule has 0 saturated heterocycles. The van der Waals surface area contributed by atoms with E-state index in [4.69, 9.17) is 5.73 Å². The van der Waals surface area contributed by atoms with Crippen LogP contribution in [0.15, 0.2) is 60.7 Å². The Morgan fingerprint density at radius 2 is 1.69 bits per heavy atom. The number of amides is 2. The number of primary amides is 1. The van der Waals surface area contributed by atoms with Crippen molar-refractivity contribution in [2.75, 3.05) is 0 Å². The lowest BCUT2D eigenvalue weighted by Crippen LogP contribution is -2.46. The van der Waals surface area contributed by atoms with Gasteiger partial charge < -0.3 is 11.1 Å². The van der Waals surface area contributed by atoms with Crippen LogP contribution in [0.25, 0.3) is 10.8 Å². The quantitative estimate of drug-likeness (QED) is 0.739. The summed E-state index contributed by atoms with van der Waals surface area (Å²) in [5, 5.41) is 4.40. The molecule has 3 N–H and O–H groups in total. The maximum atomic E-state index is 13.8. The molecule has 132 valence electrons. The highest BCUT2D eigenvalue weighted by Gasteiger charge is 2.22. The number of nitrogens with one attached hydrogen (secondary N) is 1. The monoisotopic (exact) mass is 354 g/mol. The molecule has 0 aromatic heterocycles. The summed E-state index contributed by atoms with van der Waals surface area (Å²) >= 11 is 0. The van der Waals surface area contributed by atoms with Gasteiger partial charge in [0.15, 0.2) is 11.6 Å². The van der Waals surface area contributed by atoms with Gasteiger partial charge >= 0.3 is 0 Å². The third-order valence-electron chi connectivity index (χ3n) is 4.10.